The number of benzene rings is 2. The minimum Gasteiger partial charge on any atom is -0.465 e. The first kappa shape index (κ1) is 19.4. The second-order valence-electron chi connectivity index (χ2n) is 5.49. The predicted octanol–water partition coefficient (Wildman–Crippen LogP) is 1.56. The van der Waals surface area contributed by atoms with Crippen LogP contribution in [0.15, 0.2) is 53.4 Å². The van der Waals surface area contributed by atoms with Gasteiger partial charge < -0.3 is 15.4 Å². The van der Waals surface area contributed by atoms with Crippen molar-refractivity contribution in [2.75, 3.05) is 17.7 Å². The summed E-state index contributed by atoms with van der Waals surface area (Å²) < 4.78 is 27.1. The van der Waals surface area contributed by atoms with Gasteiger partial charge in [-0.3, -0.25) is 4.79 Å². The Morgan fingerprint density at radius 3 is 2.04 bits per heavy atom. The van der Waals surface area contributed by atoms with Crippen molar-refractivity contribution < 1.29 is 22.7 Å². The molecule has 2 aromatic rings. The summed E-state index contributed by atoms with van der Waals surface area (Å²) in [6.45, 7) is 1.67. The number of nitrogens with one attached hydrogen (secondary N) is 2. The Labute approximate surface area is 151 Å². The molecule has 0 aromatic heterocycles. The molecule has 0 radical (unpaired) electrons. The molecule has 2 aromatic carbocycles. The zero-order valence-electron chi connectivity index (χ0n) is 14.2. The third-order valence-electron chi connectivity index (χ3n) is 3.53. The standard InChI is InChI=1S/C17H19N3O5S/c1-11(19-13-5-3-12(4-6-13)17(22)25-2)16(21)20-14-7-9-15(10-8-14)26(18,23)24/h3-11,19H,1-2H3,(H,20,21)(H2,18,23,24)/t11-/m1/s1. The topological polar surface area (TPSA) is 128 Å². The summed E-state index contributed by atoms with van der Waals surface area (Å²) in [6, 6.07) is 11.5. The molecule has 4 N–H and O–H groups in total. The maximum absolute atomic E-state index is 12.2. The molecule has 0 heterocycles. The Bertz CT molecular complexity index is 893. The highest BCUT2D eigenvalue weighted by Gasteiger charge is 2.14. The van der Waals surface area contributed by atoms with Crippen LogP contribution in [-0.4, -0.2) is 33.4 Å². The van der Waals surface area contributed by atoms with Crippen LogP contribution >= 0.6 is 0 Å². The third kappa shape index (κ3) is 5.04. The van der Waals surface area contributed by atoms with Crippen LogP contribution in [0.5, 0.6) is 0 Å². The van der Waals surface area contributed by atoms with E-state index in [1.165, 1.54) is 31.4 Å². The van der Waals surface area contributed by atoms with Crippen molar-refractivity contribution >= 4 is 33.3 Å². The predicted molar refractivity (Wildman–Crippen MR) is 97.3 cm³/mol. The Balaban J connectivity index is 1.98. The van der Waals surface area contributed by atoms with Gasteiger partial charge in [0.05, 0.1) is 17.6 Å². The summed E-state index contributed by atoms with van der Waals surface area (Å²) >= 11 is 0. The van der Waals surface area contributed by atoms with Crippen molar-refractivity contribution in [1.82, 2.24) is 0 Å². The molecule has 0 aliphatic carbocycles. The van der Waals surface area contributed by atoms with Crippen molar-refractivity contribution in [2.24, 2.45) is 5.14 Å². The molecule has 0 saturated heterocycles. The summed E-state index contributed by atoms with van der Waals surface area (Å²) in [5, 5.41) is 10.7. The lowest BCUT2D eigenvalue weighted by atomic mass is 10.2. The Hall–Kier alpha value is -2.91. The summed E-state index contributed by atoms with van der Waals surface area (Å²) in [4.78, 5) is 23.6. The summed E-state index contributed by atoms with van der Waals surface area (Å²) in [5.74, 6) is -0.754. The van der Waals surface area contributed by atoms with E-state index in [-0.39, 0.29) is 10.8 Å². The molecule has 0 saturated carbocycles. The fraction of sp³-hybridized carbons (Fsp3) is 0.176. The smallest absolute Gasteiger partial charge is 0.337 e. The van der Waals surface area contributed by atoms with Gasteiger partial charge in [-0.05, 0) is 55.5 Å². The lowest BCUT2D eigenvalue weighted by Gasteiger charge is -2.15. The average molecular weight is 377 g/mol. The fourth-order valence-corrected chi connectivity index (χ4v) is 2.63. The van der Waals surface area contributed by atoms with Gasteiger partial charge in [0.2, 0.25) is 15.9 Å². The monoisotopic (exact) mass is 377 g/mol. The molecule has 0 spiro atoms. The van der Waals surface area contributed by atoms with Crippen LogP contribution in [0.4, 0.5) is 11.4 Å². The minimum atomic E-state index is -3.77. The molecule has 0 fully saturated rings. The van der Waals surface area contributed by atoms with Gasteiger partial charge in [0, 0.05) is 11.4 Å². The van der Waals surface area contributed by atoms with Crippen molar-refractivity contribution in [3.63, 3.8) is 0 Å². The summed E-state index contributed by atoms with van der Waals surface area (Å²) in [7, 11) is -2.47. The molecular weight excluding hydrogens is 358 g/mol. The number of primary sulfonamides is 1. The molecule has 26 heavy (non-hydrogen) atoms. The average Bonchev–Trinajstić information content (AvgIpc) is 2.61. The van der Waals surface area contributed by atoms with Crippen LogP contribution in [0.2, 0.25) is 0 Å². The van der Waals surface area contributed by atoms with E-state index in [2.05, 4.69) is 15.4 Å². The fourth-order valence-electron chi connectivity index (χ4n) is 2.11. The van der Waals surface area contributed by atoms with E-state index < -0.39 is 22.0 Å². The van der Waals surface area contributed by atoms with E-state index in [9.17, 15) is 18.0 Å². The maximum atomic E-state index is 12.2. The number of amides is 1. The number of ether oxygens (including phenoxy) is 1. The molecule has 0 unspecified atom stereocenters. The van der Waals surface area contributed by atoms with Gasteiger partial charge >= 0.3 is 5.97 Å². The van der Waals surface area contributed by atoms with E-state index in [4.69, 9.17) is 5.14 Å². The highest BCUT2D eigenvalue weighted by molar-refractivity contribution is 7.89. The van der Waals surface area contributed by atoms with Crippen molar-refractivity contribution in [3.8, 4) is 0 Å². The second kappa shape index (κ2) is 7.98. The summed E-state index contributed by atoms with van der Waals surface area (Å²) in [5.41, 5.74) is 1.51. The number of carbonyl (C=O) groups excluding carboxylic acids is 2. The molecule has 0 aliphatic rings. The van der Waals surface area contributed by atoms with Gasteiger partial charge in [-0.2, -0.15) is 0 Å². The van der Waals surface area contributed by atoms with Crippen molar-refractivity contribution in [3.05, 3.63) is 54.1 Å². The number of anilines is 2. The lowest BCUT2D eigenvalue weighted by molar-refractivity contribution is -0.116. The molecule has 8 nitrogen and oxygen atoms in total. The van der Waals surface area contributed by atoms with E-state index in [1.807, 2.05) is 0 Å². The number of methoxy groups -OCH3 is 1. The first-order valence-electron chi connectivity index (χ1n) is 7.59. The molecule has 9 heteroatoms. The van der Waals surface area contributed by atoms with Crippen LogP contribution < -0.4 is 15.8 Å². The van der Waals surface area contributed by atoms with Gasteiger partial charge in [0.1, 0.15) is 6.04 Å². The van der Waals surface area contributed by atoms with Gasteiger partial charge in [-0.25, -0.2) is 18.4 Å². The minimum absolute atomic E-state index is 0.0348. The number of esters is 1. The number of carbonyl (C=O) groups is 2. The second-order valence-corrected chi connectivity index (χ2v) is 7.06. The molecule has 138 valence electrons. The van der Waals surface area contributed by atoms with Gasteiger partial charge in [0.25, 0.3) is 0 Å². The maximum Gasteiger partial charge on any atom is 0.337 e. The van der Waals surface area contributed by atoms with Gasteiger partial charge in [-0.15, -0.1) is 0 Å². The molecule has 1 atom stereocenters. The van der Waals surface area contributed by atoms with Crippen LogP contribution in [-0.2, 0) is 19.6 Å². The Morgan fingerprint density at radius 1 is 1.00 bits per heavy atom. The Morgan fingerprint density at radius 2 is 1.54 bits per heavy atom. The van der Waals surface area contributed by atoms with E-state index >= 15 is 0 Å². The third-order valence-corrected chi connectivity index (χ3v) is 4.46. The molecule has 1 amide bonds. The highest BCUT2D eigenvalue weighted by Crippen LogP contribution is 2.15. The number of sulfonamides is 1. The van der Waals surface area contributed by atoms with E-state index in [0.717, 1.165) is 0 Å². The van der Waals surface area contributed by atoms with E-state index in [1.54, 1.807) is 31.2 Å². The zero-order chi connectivity index (χ0) is 19.3. The number of rotatable bonds is 6. The SMILES string of the molecule is COC(=O)c1ccc(N[C@H](C)C(=O)Nc2ccc(S(N)(=O)=O)cc2)cc1. The number of nitrogens with two attached hydrogens (primary N) is 1. The molecule has 0 aliphatic heterocycles. The largest absolute Gasteiger partial charge is 0.465 e. The molecule has 2 rings (SSSR count). The first-order valence-corrected chi connectivity index (χ1v) is 9.14. The van der Waals surface area contributed by atoms with Gasteiger partial charge in [0.15, 0.2) is 0 Å². The normalized spacial score (nSPS) is 12.1. The van der Waals surface area contributed by atoms with Crippen LogP contribution in [0.25, 0.3) is 0 Å². The van der Waals surface area contributed by atoms with E-state index in [0.29, 0.717) is 16.9 Å². The van der Waals surface area contributed by atoms with Crippen molar-refractivity contribution in [2.45, 2.75) is 17.9 Å². The quantitative estimate of drug-likeness (QED) is 0.656. The lowest BCUT2D eigenvalue weighted by Crippen LogP contribution is -2.31. The number of hydrogen-bond acceptors (Lipinski definition) is 6. The van der Waals surface area contributed by atoms with Crippen LogP contribution in [0.1, 0.15) is 17.3 Å². The van der Waals surface area contributed by atoms with Crippen LogP contribution in [0, 0.1) is 0 Å². The Kier molecular flexibility index (Phi) is 5.96. The first-order chi connectivity index (χ1) is 12.2. The molecular formula is C17H19N3O5S. The molecule has 0 bridgehead atoms. The number of hydrogen-bond donors (Lipinski definition) is 3. The summed E-state index contributed by atoms with van der Waals surface area (Å²) in [6.07, 6.45) is 0. The highest BCUT2D eigenvalue weighted by atomic mass is 32.2. The van der Waals surface area contributed by atoms with Crippen LogP contribution in [0.3, 0.4) is 0 Å². The van der Waals surface area contributed by atoms with Gasteiger partial charge in [-0.1, -0.05) is 0 Å². The van der Waals surface area contributed by atoms with Crippen molar-refractivity contribution in [1.29, 1.82) is 0 Å². The zero-order valence-corrected chi connectivity index (χ0v) is 15.0.